The largest absolute Gasteiger partial charge is 0.441 e. The van der Waals surface area contributed by atoms with Crippen molar-refractivity contribution < 1.29 is 9.21 Å². The lowest BCUT2D eigenvalue weighted by Gasteiger charge is -2.05. The predicted octanol–water partition coefficient (Wildman–Crippen LogP) is 3.17. The van der Waals surface area contributed by atoms with E-state index in [-0.39, 0.29) is 5.91 Å². The number of rotatable bonds is 3. The predicted molar refractivity (Wildman–Crippen MR) is 88.5 cm³/mol. The molecule has 0 atom stereocenters. The fraction of sp³-hybridized carbons (Fsp3) is 0.0588. The Morgan fingerprint density at radius 1 is 1.21 bits per heavy atom. The van der Waals surface area contributed by atoms with Crippen LogP contribution in [0.1, 0.15) is 16.2 Å². The molecule has 0 saturated heterocycles. The number of nitrogens with one attached hydrogen (secondary N) is 2. The average molecular weight is 319 g/mol. The summed E-state index contributed by atoms with van der Waals surface area (Å²) in [5, 5.41) is 9.69. The van der Waals surface area contributed by atoms with Gasteiger partial charge in [0.2, 0.25) is 0 Å². The van der Waals surface area contributed by atoms with Crippen molar-refractivity contribution in [2.75, 3.05) is 5.32 Å². The number of oxazole rings is 1. The molecule has 7 nitrogen and oxygen atoms in total. The van der Waals surface area contributed by atoms with Crippen molar-refractivity contribution in [1.82, 2.24) is 20.2 Å². The van der Waals surface area contributed by atoms with Crippen molar-refractivity contribution in [2.24, 2.45) is 0 Å². The highest BCUT2D eigenvalue weighted by atomic mass is 16.3. The van der Waals surface area contributed by atoms with Gasteiger partial charge < -0.3 is 9.73 Å². The van der Waals surface area contributed by atoms with E-state index in [1.54, 1.807) is 37.5 Å². The van der Waals surface area contributed by atoms with Crippen LogP contribution in [-0.2, 0) is 0 Å². The second kappa shape index (κ2) is 5.62. The van der Waals surface area contributed by atoms with Crippen molar-refractivity contribution in [3.05, 3.63) is 60.4 Å². The van der Waals surface area contributed by atoms with Gasteiger partial charge >= 0.3 is 0 Å². The molecule has 0 bridgehead atoms. The number of amides is 1. The minimum atomic E-state index is -0.258. The van der Waals surface area contributed by atoms with E-state index in [4.69, 9.17) is 4.42 Å². The van der Waals surface area contributed by atoms with Crippen LogP contribution in [0.3, 0.4) is 0 Å². The molecule has 2 N–H and O–H groups in total. The number of benzene rings is 1. The lowest BCUT2D eigenvalue weighted by Crippen LogP contribution is -2.12. The van der Waals surface area contributed by atoms with Gasteiger partial charge in [0.05, 0.1) is 17.5 Å². The Hall–Kier alpha value is -3.48. The first-order chi connectivity index (χ1) is 11.7. The van der Waals surface area contributed by atoms with Crippen molar-refractivity contribution in [2.45, 2.75) is 6.92 Å². The topological polar surface area (TPSA) is 96.7 Å². The van der Waals surface area contributed by atoms with Gasteiger partial charge in [0.25, 0.3) is 5.91 Å². The van der Waals surface area contributed by atoms with Crippen LogP contribution in [0.15, 0.2) is 53.3 Å². The van der Waals surface area contributed by atoms with Crippen molar-refractivity contribution >= 4 is 22.7 Å². The van der Waals surface area contributed by atoms with Crippen LogP contribution in [0.2, 0.25) is 0 Å². The first kappa shape index (κ1) is 14.1. The summed E-state index contributed by atoms with van der Waals surface area (Å²) in [6.45, 7) is 1.78. The Morgan fingerprint density at radius 3 is 2.88 bits per heavy atom. The standard InChI is InChI=1S/C17H13N5O2/c1-10-20-14-3-2-12(8-15(14)24-10)21-17(23)13-9-19-22-16(13)11-4-6-18-7-5-11/h2-9H,1H3,(H,19,22)(H,21,23). The molecule has 3 aromatic heterocycles. The molecule has 0 radical (unpaired) electrons. The molecule has 1 amide bonds. The van der Waals surface area contributed by atoms with Crippen LogP contribution in [0, 0.1) is 6.92 Å². The molecule has 0 saturated carbocycles. The van der Waals surface area contributed by atoms with Crippen LogP contribution in [0.25, 0.3) is 22.4 Å². The molecule has 118 valence electrons. The third-order valence-electron chi connectivity index (χ3n) is 3.61. The van der Waals surface area contributed by atoms with Gasteiger partial charge in [-0.1, -0.05) is 0 Å². The van der Waals surface area contributed by atoms with Crippen LogP contribution < -0.4 is 5.32 Å². The zero-order valence-corrected chi connectivity index (χ0v) is 12.8. The molecule has 0 aliphatic heterocycles. The molecule has 0 fully saturated rings. The number of carbonyl (C=O) groups is 1. The lowest BCUT2D eigenvalue weighted by molar-refractivity contribution is 0.102. The zero-order valence-electron chi connectivity index (χ0n) is 12.8. The highest BCUT2D eigenvalue weighted by molar-refractivity contribution is 6.08. The number of carbonyl (C=O) groups excluding carboxylic acids is 1. The number of anilines is 1. The summed E-state index contributed by atoms with van der Waals surface area (Å²) in [5.74, 6) is 0.328. The summed E-state index contributed by atoms with van der Waals surface area (Å²) in [7, 11) is 0. The van der Waals surface area contributed by atoms with Gasteiger partial charge in [-0.15, -0.1) is 0 Å². The molecule has 7 heteroatoms. The number of hydrogen-bond acceptors (Lipinski definition) is 5. The first-order valence-corrected chi connectivity index (χ1v) is 7.33. The van der Waals surface area contributed by atoms with Crippen molar-refractivity contribution in [3.8, 4) is 11.3 Å². The summed E-state index contributed by atoms with van der Waals surface area (Å²) in [5.41, 5.74) is 3.96. The molecular weight excluding hydrogens is 306 g/mol. The summed E-state index contributed by atoms with van der Waals surface area (Å²) in [4.78, 5) is 20.8. The van der Waals surface area contributed by atoms with E-state index in [2.05, 4.69) is 25.5 Å². The third kappa shape index (κ3) is 2.52. The second-order valence-electron chi connectivity index (χ2n) is 5.26. The van der Waals surface area contributed by atoms with Gasteiger partial charge in [0.15, 0.2) is 11.5 Å². The van der Waals surface area contributed by atoms with E-state index >= 15 is 0 Å². The average Bonchev–Trinajstić information content (AvgIpc) is 3.21. The molecule has 4 aromatic rings. The van der Waals surface area contributed by atoms with Crippen LogP contribution in [0.5, 0.6) is 0 Å². The van der Waals surface area contributed by atoms with Gasteiger partial charge in [-0.25, -0.2) is 4.98 Å². The van der Waals surface area contributed by atoms with Gasteiger partial charge in [-0.05, 0) is 24.3 Å². The maximum Gasteiger partial charge on any atom is 0.259 e. The summed E-state index contributed by atoms with van der Waals surface area (Å²) in [6, 6.07) is 8.97. The second-order valence-corrected chi connectivity index (χ2v) is 5.26. The molecule has 0 spiro atoms. The van der Waals surface area contributed by atoms with Gasteiger partial charge in [0.1, 0.15) is 5.52 Å². The Morgan fingerprint density at radius 2 is 2.04 bits per heavy atom. The molecule has 1 aromatic carbocycles. The molecule has 0 aliphatic carbocycles. The van der Waals surface area contributed by atoms with E-state index in [9.17, 15) is 4.79 Å². The number of aromatic nitrogens is 4. The molecular formula is C17H13N5O2. The number of fused-ring (bicyclic) bond motifs is 1. The minimum absolute atomic E-state index is 0.258. The number of H-pyrrole nitrogens is 1. The highest BCUT2D eigenvalue weighted by Crippen LogP contribution is 2.23. The Balaban J connectivity index is 1.63. The summed E-state index contributed by atoms with van der Waals surface area (Å²) < 4.78 is 5.49. The SMILES string of the molecule is Cc1nc2ccc(NC(=O)c3cn[nH]c3-c3ccncc3)cc2o1. The number of hydrogen-bond donors (Lipinski definition) is 2. The maximum atomic E-state index is 12.6. The lowest BCUT2D eigenvalue weighted by atomic mass is 10.1. The Kier molecular flexibility index (Phi) is 3.31. The van der Waals surface area contributed by atoms with E-state index in [0.29, 0.717) is 28.4 Å². The van der Waals surface area contributed by atoms with E-state index in [1.165, 1.54) is 6.20 Å². The highest BCUT2D eigenvalue weighted by Gasteiger charge is 2.16. The van der Waals surface area contributed by atoms with Crippen LogP contribution in [-0.4, -0.2) is 26.1 Å². The monoisotopic (exact) mass is 319 g/mol. The Labute approximate surface area is 136 Å². The Bertz CT molecular complexity index is 1020. The fourth-order valence-corrected chi connectivity index (χ4v) is 2.51. The normalized spacial score (nSPS) is 10.9. The number of pyridine rings is 1. The maximum absolute atomic E-state index is 12.6. The number of nitrogens with zero attached hydrogens (tertiary/aromatic N) is 3. The van der Waals surface area contributed by atoms with Crippen molar-refractivity contribution in [1.29, 1.82) is 0 Å². The third-order valence-corrected chi connectivity index (χ3v) is 3.61. The quantitative estimate of drug-likeness (QED) is 0.604. The van der Waals surface area contributed by atoms with E-state index < -0.39 is 0 Å². The molecule has 24 heavy (non-hydrogen) atoms. The first-order valence-electron chi connectivity index (χ1n) is 7.33. The van der Waals surface area contributed by atoms with Gasteiger partial charge in [-0.3, -0.25) is 14.9 Å². The van der Waals surface area contributed by atoms with Gasteiger partial charge in [-0.2, -0.15) is 5.10 Å². The number of aryl methyl sites for hydroxylation is 1. The molecule has 0 aliphatic rings. The van der Waals surface area contributed by atoms with Gasteiger partial charge in [0, 0.05) is 36.6 Å². The van der Waals surface area contributed by atoms with Crippen molar-refractivity contribution in [3.63, 3.8) is 0 Å². The van der Waals surface area contributed by atoms with Crippen LogP contribution in [0.4, 0.5) is 5.69 Å². The fourth-order valence-electron chi connectivity index (χ4n) is 2.51. The summed E-state index contributed by atoms with van der Waals surface area (Å²) in [6.07, 6.45) is 4.83. The molecule has 0 unspecified atom stereocenters. The van der Waals surface area contributed by atoms with Crippen LogP contribution >= 0.6 is 0 Å². The number of aromatic amines is 1. The molecule has 3 heterocycles. The minimum Gasteiger partial charge on any atom is -0.441 e. The molecule has 4 rings (SSSR count). The smallest absolute Gasteiger partial charge is 0.259 e. The summed E-state index contributed by atoms with van der Waals surface area (Å²) >= 11 is 0. The zero-order chi connectivity index (χ0) is 16.5. The van der Waals surface area contributed by atoms with E-state index in [1.807, 2.05) is 12.1 Å². The van der Waals surface area contributed by atoms with E-state index in [0.717, 1.165) is 11.1 Å².